The summed E-state index contributed by atoms with van der Waals surface area (Å²) in [5.41, 5.74) is 0.485. The van der Waals surface area contributed by atoms with Crippen molar-refractivity contribution in [3.8, 4) is 5.75 Å². The van der Waals surface area contributed by atoms with Crippen LogP contribution in [0.5, 0.6) is 5.75 Å². The molecule has 4 nitrogen and oxygen atoms in total. The quantitative estimate of drug-likeness (QED) is 0.858. The van der Waals surface area contributed by atoms with Crippen LogP contribution in [-0.4, -0.2) is 24.3 Å². The first-order chi connectivity index (χ1) is 10.2. The van der Waals surface area contributed by atoms with Crippen molar-refractivity contribution in [2.24, 2.45) is 0 Å². The second-order valence-corrected chi connectivity index (χ2v) is 5.36. The number of carbonyl (C=O) groups is 2. The lowest BCUT2D eigenvalue weighted by atomic mass is 10.0. The number of hydrogen-bond donors (Lipinski definition) is 1. The molecule has 1 atom stereocenters. The number of amides is 1. The highest BCUT2D eigenvalue weighted by atomic mass is 16.5. The van der Waals surface area contributed by atoms with E-state index in [0.29, 0.717) is 17.4 Å². The van der Waals surface area contributed by atoms with Crippen LogP contribution in [-0.2, 0) is 4.79 Å². The number of benzene rings is 2. The number of ether oxygens (including phenoxy) is 1. The minimum absolute atomic E-state index is 0.137. The molecule has 1 amide bonds. The van der Waals surface area contributed by atoms with Crippen LogP contribution in [0.15, 0.2) is 36.4 Å². The summed E-state index contributed by atoms with van der Waals surface area (Å²) in [6.45, 7) is 1.70. The Hall–Kier alpha value is -2.36. The van der Waals surface area contributed by atoms with E-state index in [2.05, 4.69) is 5.32 Å². The van der Waals surface area contributed by atoms with Crippen LogP contribution in [0, 0.1) is 0 Å². The van der Waals surface area contributed by atoms with E-state index in [-0.39, 0.29) is 5.91 Å². The number of hydrogen-bond acceptors (Lipinski definition) is 3. The van der Waals surface area contributed by atoms with Crippen LogP contribution in [0.2, 0.25) is 0 Å². The highest BCUT2D eigenvalue weighted by Gasteiger charge is 2.26. The van der Waals surface area contributed by atoms with E-state index in [9.17, 15) is 9.59 Å². The Kier molecular flexibility index (Phi) is 3.60. The third kappa shape index (κ3) is 2.89. The van der Waals surface area contributed by atoms with Gasteiger partial charge in [-0.1, -0.05) is 30.3 Å². The molecule has 0 heterocycles. The van der Waals surface area contributed by atoms with Gasteiger partial charge in [0.1, 0.15) is 5.75 Å². The number of carbonyl (C=O) groups excluding carboxylic acids is 2. The maximum atomic E-state index is 11.9. The Morgan fingerprint density at radius 1 is 1.29 bits per heavy atom. The summed E-state index contributed by atoms with van der Waals surface area (Å²) < 4.78 is 5.69. The summed E-state index contributed by atoms with van der Waals surface area (Å²) in [5, 5.41) is 4.70. The van der Waals surface area contributed by atoms with Gasteiger partial charge in [0.05, 0.1) is 5.56 Å². The van der Waals surface area contributed by atoms with E-state index in [1.165, 1.54) is 0 Å². The standard InChI is InChI=1S/C17H17NO3/c1-11(17(20)18-13-7-8-13)21-16-9-6-12-4-2-3-5-14(12)15(16)10-19/h2-6,9-11,13H,7-8H2,1H3,(H,18,20)/t11-/m0/s1. The predicted octanol–water partition coefficient (Wildman–Crippen LogP) is 2.70. The van der Waals surface area contributed by atoms with Crippen LogP contribution >= 0.6 is 0 Å². The van der Waals surface area contributed by atoms with Gasteiger partial charge in [0.2, 0.25) is 0 Å². The summed E-state index contributed by atoms with van der Waals surface area (Å²) in [6, 6.07) is 11.5. The zero-order chi connectivity index (χ0) is 14.8. The first-order valence-electron chi connectivity index (χ1n) is 7.13. The molecular formula is C17H17NO3. The molecule has 0 unspecified atom stereocenters. The zero-order valence-electron chi connectivity index (χ0n) is 11.8. The van der Waals surface area contributed by atoms with E-state index in [0.717, 1.165) is 29.9 Å². The van der Waals surface area contributed by atoms with Gasteiger partial charge in [-0.2, -0.15) is 0 Å². The molecule has 0 aliphatic heterocycles. The van der Waals surface area contributed by atoms with Gasteiger partial charge in [0.25, 0.3) is 5.91 Å². The molecular weight excluding hydrogens is 266 g/mol. The van der Waals surface area contributed by atoms with Crippen molar-refractivity contribution >= 4 is 23.0 Å². The smallest absolute Gasteiger partial charge is 0.260 e. The molecule has 2 aromatic carbocycles. The van der Waals surface area contributed by atoms with Gasteiger partial charge in [-0.05, 0) is 36.6 Å². The fraction of sp³-hybridized carbons (Fsp3) is 0.294. The van der Waals surface area contributed by atoms with Crippen molar-refractivity contribution in [3.63, 3.8) is 0 Å². The normalized spacial score (nSPS) is 15.5. The molecule has 3 rings (SSSR count). The molecule has 1 N–H and O–H groups in total. The van der Waals surface area contributed by atoms with Crippen molar-refractivity contribution in [1.29, 1.82) is 0 Å². The average Bonchev–Trinajstić information content (AvgIpc) is 3.30. The Balaban J connectivity index is 1.85. The van der Waals surface area contributed by atoms with E-state index in [1.54, 1.807) is 13.0 Å². The van der Waals surface area contributed by atoms with Gasteiger partial charge in [-0.15, -0.1) is 0 Å². The zero-order valence-corrected chi connectivity index (χ0v) is 11.8. The van der Waals surface area contributed by atoms with E-state index < -0.39 is 6.10 Å². The molecule has 4 heteroatoms. The monoisotopic (exact) mass is 283 g/mol. The largest absolute Gasteiger partial charge is 0.480 e. The van der Waals surface area contributed by atoms with Crippen LogP contribution in [0.3, 0.4) is 0 Å². The molecule has 21 heavy (non-hydrogen) atoms. The Morgan fingerprint density at radius 3 is 2.76 bits per heavy atom. The second-order valence-electron chi connectivity index (χ2n) is 5.36. The Morgan fingerprint density at radius 2 is 2.05 bits per heavy atom. The van der Waals surface area contributed by atoms with E-state index in [4.69, 9.17) is 4.74 Å². The predicted molar refractivity (Wildman–Crippen MR) is 80.6 cm³/mol. The fourth-order valence-electron chi connectivity index (χ4n) is 2.29. The number of nitrogens with one attached hydrogen (secondary N) is 1. The lowest BCUT2D eigenvalue weighted by Crippen LogP contribution is -2.37. The molecule has 1 fully saturated rings. The summed E-state index contributed by atoms with van der Waals surface area (Å²) in [4.78, 5) is 23.3. The maximum Gasteiger partial charge on any atom is 0.260 e. The van der Waals surface area contributed by atoms with Crippen molar-refractivity contribution in [3.05, 3.63) is 42.0 Å². The fourth-order valence-corrected chi connectivity index (χ4v) is 2.29. The second kappa shape index (κ2) is 5.56. The minimum Gasteiger partial charge on any atom is -0.480 e. The molecule has 0 aromatic heterocycles. The third-order valence-electron chi connectivity index (χ3n) is 3.65. The van der Waals surface area contributed by atoms with Gasteiger partial charge in [0, 0.05) is 6.04 Å². The first-order valence-corrected chi connectivity index (χ1v) is 7.13. The van der Waals surface area contributed by atoms with Crippen molar-refractivity contribution in [2.75, 3.05) is 0 Å². The maximum absolute atomic E-state index is 11.9. The summed E-state index contributed by atoms with van der Waals surface area (Å²) in [6.07, 6.45) is 2.23. The molecule has 0 bridgehead atoms. The summed E-state index contributed by atoms with van der Waals surface area (Å²) in [5.74, 6) is 0.310. The van der Waals surface area contributed by atoms with E-state index in [1.807, 2.05) is 30.3 Å². The van der Waals surface area contributed by atoms with Crippen LogP contribution in [0.25, 0.3) is 10.8 Å². The number of fused-ring (bicyclic) bond motifs is 1. The SMILES string of the molecule is C[C@H](Oc1ccc2ccccc2c1C=O)C(=O)NC1CC1. The highest BCUT2D eigenvalue weighted by Crippen LogP contribution is 2.27. The van der Waals surface area contributed by atoms with Gasteiger partial charge >= 0.3 is 0 Å². The van der Waals surface area contributed by atoms with Gasteiger partial charge in [0.15, 0.2) is 12.4 Å². The van der Waals surface area contributed by atoms with Crippen LogP contribution in [0.4, 0.5) is 0 Å². The Bertz CT molecular complexity index is 691. The molecule has 0 spiro atoms. The average molecular weight is 283 g/mol. The number of rotatable bonds is 5. The van der Waals surface area contributed by atoms with Crippen molar-refractivity contribution in [2.45, 2.75) is 31.9 Å². The third-order valence-corrected chi connectivity index (χ3v) is 3.65. The van der Waals surface area contributed by atoms with Gasteiger partial charge in [-0.3, -0.25) is 9.59 Å². The van der Waals surface area contributed by atoms with E-state index >= 15 is 0 Å². The van der Waals surface area contributed by atoms with Crippen LogP contribution in [0.1, 0.15) is 30.1 Å². The molecule has 0 saturated heterocycles. The van der Waals surface area contributed by atoms with Crippen molar-refractivity contribution in [1.82, 2.24) is 5.32 Å². The molecule has 0 radical (unpaired) electrons. The molecule has 2 aromatic rings. The molecule has 108 valence electrons. The van der Waals surface area contributed by atoms with Crippen LogP contribution < -0.4 is 10.1 Å². The topological polar surface area (TPSA) is 55.4 Å². The summed E-state index contributed by atoms with van der Waals surface area (Å²) >= 11 is 0. The lowest BCUT2D eigenvalue weighted by Gasteiger charge is -2.16. The number of aldehydes is 1. The molecule has 1 saturated carbocycles. The van der Waals surface area contributed by atoms with Crippen molar-refractivity contribution < 1.29 is 14.3 Å². The minimum atomic E-state index is -0.620. The molecule has 1 aliphatic carbocycles. The molecule has 1 aliphatic rings. The first kappa shape index (κ1) is 13.6. The van der Waals surface area contributed by atoms with Gasteiger partial charge < -0.3 is 10.1 Å². The van der Waals surface area contributed by atoms with Gasteiger partial charge in [-0.25, -0.2) is 0 Å². The highest BCUT2D eigenvalue weighted by molar-refractivity contribution is 6.00. The summed E-state index contributed by atoms with van der Waals surface area (Å²) in [7, 11) is 0. The lowest BCUT2D eigenvalue weighted by molar-refractivity contribution is -0.127. The Labute approximate surface area is 123 Å².